The zero-order valence-electron chi connectivity index (χ0n) is 14.1. The number of urea groups is 1. The van der Waals surface area contributed by atoms with Gasteiger partial charge in [-0.25, -0.2) is 9.69 Å². The number of methoxy groups -OCH3 is 1. The highest BCUT2D eigenvalue weighted by molar-refractivity contribution is 6.39. The zero-order valence-corrected chi connectivity index (χ0v) is 14.8. The molecule has 1 N–H and O–H groups in total. The van der Waals surface area contributed by atoms with Gasteiger partial charge in [-0.3, -0.25) is 14.9 Å². The van der Waals surface area contributed by atoms with Gasteiger partial charge in [0.15, 0.2) is 0 Å². The lowest BCUT2D eigenvalue weighted by atomic mass is 10.0. The number of nitrogens with zero attached hydrogens (tertiary/aromatic N) is 1. The molecule has 6 nitrogen and oxygen atoms in total. The van der Waals surface area contributed by atoms with Crippen LogP contribution in [-0.2, 0) is 9.59 Å². The van der Waals surface area contributed by atoms with Crippen molar-refractivity contribution in [3.05, 3.63) is 64.2 Å². The standard InChI is InChI=1S/C19H15ClN2O4/c1-11-9-12(3-8-16(11)26-2)10-15-17(23)21-19(25)22(18(15)24)14-6-4-13(20)5-7-14/h3-10H,1-2H3,(H,21,23,25)/b15-10-. The Balaban J connectivity index is 1.99. The van der Waals surface area contributed by atoms with Gasteiger partial charge in [0.1, 0.15) is 11.3 Å². The van der Waals surface area contributed by atoms with Crippen LogP contribution in [0.25, 0.3) is 6.08 Å². The number of nitrogens with one attached hydrogen (secondary N) is 1. The van der Waals surface area contributed by atoms with Gasteiger partial charge in [-0.1, -0.05) is 17.7 Å². The van der Waals surface area contributed by atoms with Crippen molar-refractivity contribution in [3.8, 4) is 5.75 Å². The van der Waals surface area contributed by atoms with E-state index in [1.54, 1.807) is 37.4 Å². The van der Waals surface area contributed by atoms with Crippen molar-refractivity contribution >= 4 is 41.2 Å². The van der Waals surface area contributed by atoms with E-state index in [2.05, 4.69) is 5.32 Å². The van der Waals surface area contributed by atoms with Gasteiger partial charge in [0.2, 0.25) is 0 Å². The molecule has 1 aliphatic heterocycles. The second-order valence-electron chi connectivity index (χ2n) is 5.66. The number of imide groups is 2. The molecular weight excluding hydrogens is 356 g/mol. The number of rotatable bonds is 3. The van der Waals surface area contributed by atoms with Gasteiger partial charge in [0, 0.05) is 5.02 Å². The minimum Gasteiger partial charge on any atom is -0.496 e. The average molecular weight is 371 g/mol. The fraction of sp³-hybridized carbons (Fsp3) is 0.105. The Bertz CT molecular complexity index is 935. The third kappa shape index (κ3) is 3.32. The molecule has 0 bridgehead atoms. The first kappa shape index (κ1) is 17.7. The summed E-state index contributed by atoms with van der Waals surface area (Å²) in [5.74, 6) is -0.738. The highest BCUT2D eigenvalue weighted by Gasteiger charge is 2.36. The number of anilines is 1. The van der Waals surface area contributed by atoms with E-state index in [-0.39, 0.29) is 5.57 Å². The molecule has 2 aromatic rings. The van der Waals surface area contributed by atoms with Crippen LogP contribution in [0.5, 0.6) is 5.75 Å². The van der Waals surface area contributed by atoms with Crippen molar-refractivity contribution in [3.63, 3.8) is 0 Å². The van der Waals surface area contributed by atoms with Gasteiger partial charge in [-0.2, -0.15) is 0 Å². The molecule has 26 heavy (non-hydrogen) atoms. The topological polar surface area (TPSA) is 75.7 Å². The lowest BCUT2D eigenvalue weighted by molar-refractivity contribution is -0.122. The van der Waals surface area contributed by atoms with Gasteiger partial charge < -0.3 is 4.74 Å². The van der Waals surface area contributed by atoms with Crippen LogP contribution in [0, 0.1) is 6.92 Å². The number of hydrogen-bond donors (Lipinski definition) is 1. The molecule has 7 heteroatoms. The Morgan fingerprint density at radius 3 is 2.38 bits per heavy atom. The van der Waals surface area contributed by atoms with E-state index in [4.69, 9.17) is 16.3 Å². The Morgan fingerprint density at radius 1 is 1.08 bits per heavy atom. The largest absolute Gasteiger partial charge is 0.496 e. The first-order valence-corrected chi connectivity index (χ1v) is 8.10. The predicted octanol–water partition coefficient (Wildman–Crippen LogP) is 3.32. The minimum atomic E-state index is -0.801. The maximum atomic E-state index is 12.8. The van der Waals surface area contributed by atoms with Crippen molar-refractivity contribution in [2.45, 2.75) is 6.92 Å². The Morgan fingerprint density at radius 2 is 1.77 bits per heavy atom. The summed E-state index contributed by atoms with van der Waals surface area (Å²) in [6.07, 6.45) is 1.44. The smallest absolute Gasteiger partial charge is 0.335 e. The minimum absolute atomic E-state index is 0.135. The number of amides is 4. The molecule has 3 rings (SSSR count). The lowest BCUT2D eigenvalue weighted by Crippen LogP contribution is -2.54. The molecule has 0 radical (unpaired) electrons. The van der Waals surface area contributed by atoms with Crippen molar-refractivity contribution in [1.82, 2.24) is 5.32 Å². The molecule has 1 aliphatic rings. The van der Waals surface area contributed by atoms with Crippen LogP contribution in [0.4, 0.5) is 10.5 Å². The zero-order chi connectivity index (χ0) is 18.8. The number of halogens is 1. The molecular formula is C19H15ClN2O4. The molecule has 132 valence electrons. The Labute approximate surface area is 155 Å². The number of carbonyl (C=O) groups is 3. The summed E-state index contributed by atoms with van der Waals surface area (Å²) in [5, 5.41) is 2.65. The average Bonchev–Trinajstić information content (AvgIpc) is 2.60. The van der Waals surface area contributed by atoms with E-state index in [0.29, 0.717) is 22.0 Å². The number of barbiturate groups is 1. The molecule has 0 aromatic heterocycles. The summed E-state index contributed by atoms with van der Waals surface area (Å²) in [7, 11) is 1.56. The third-order valence-corrected chi connectivity index (χ3v) is 4.17. The molecule has 4 amide bonds. The van der Waals surface area contributed by atoms with Crippen molar-refractivity contribution < 1.29 is 19.1 Å². The number of carbonyl (C=O) groups excluding carboxylic acids is 3. The highest BCUT2D eigenvalue weighted by atomic mass is 35.5. The molecule has 0 saturated carbocycles. The first-order chi connectivity index (χ1) is 12.4. The van der Waals surface area contributed by atoms with E-state index in [0.717, 1.165) is 10.5 Å². The van der Waals surface area contributed by atoms with E-state index in [1.165, 1.54) is 18.2 Å². The van der Waals surface area contributed by atoms with Crippen LogP contribution in [0.2, 0.25) is 5.02 Å². The van der Waals surface area contributed by atoms with Crippen molar-refractivity contribution in [2.24, 2.45) is 0 Å². The summed E-state index contributed by atoms with van der Waals surface area (Å²) in [6, 6.07) is 10.6. The third-order valence-electron chi connectivity index (χ3n) is 3.92. The quantitative estimate of drug-likeness (QED) is 0.664. The highest BCUT2D eigenvalue weighted by Crippen LogP contribution is 2.25. The van der Waals surface area contributed by atoms with E-state index in [9.17, 15) is 14.4 Å². The van der Waals surface area contributed by atoms with Gasteiger partial charge in [0.25, 0.3) is 11.8 Å². The molecule has 1 saturated heterocycles. The first-order valence-electron chi connectivity index (χ1n) is 7.72. The van der Waals surface area contributed by atoms with E-state index < -0.39 is 17.8 Å². The predicted molar refractivity (Wildman–Crippen MR) is 98.2 cm³/mol. The fourth-order valence-corrected chi connectivity index (χ4v) is 2.77. The van der Waals surface area contributed by atoms with Crippen LogP contribution in [0.15, 0.2) is 48.0 Å². The van der Waals surface area contributed by atoms with E-state index >= 15 is 0 Å². The molecule has 0 atom stereocenters. The lowest BCUT2D eigenvalue weighted by Gasteiger charge is -2.26. The molecule has 0 unspecified atom stereocenters. The van der Waals surface area contributed by atoms with Crippen LogP contribution >= 0.6 is 11.6 Å². The van der Waals surface area contributed by atoms with E-state index in [1.807, 2.05) is 6.92 Å². The molecule has 0 spiro atoms. The Kier molecular flexibility index (Phi) is 4.77. The molecule has 1 fully saturated rings. The van der Waals surface area contributed by atoms with Gasteiger partial charge in [-0.05, 0) is 60.5 Å². The van der Waals surface area contributed by atoms with Gasteiger partial charge in [0.05, 0.1) is 12.8 Å². The second-order valence-corrected chi connectivity index (χ2v) is 6.10. The van der Waals surface area contributed by atoms with Crippen LogP contribution < -0.4 is 15.0 Å². The molecule has 2 aromatic carbocycles. The van der Waals surface area contributed by atoms with Crippen LogP contribution in [0.3, 0.4) is 0 Å². The fourth-order valence-electron chi connectivity index (χ4n) is 2.64. The van der Waals surface area contributed by atoms with Crippen LogP contribution in [-0.4, -0.2) is 25.0 Å². The Hall–Kier alpha value is -3.12. The number of benzene rings is 2. The summed E-state index contributed by atoms with van der Waals surface area (Å²) < 4.78 is 5.20. The monoisotopic (exact) mass is 370 g/mol. The van der Waals surface area contributed by atoms with Gasteiger partial charge >= 0.3 is 6.03 Å². The summed E-state index contributed by atoms with van der Waals surface area (Å²) in [4.78, 5) is 38.0. The number of hydrogen-bond acceptors (Lipinski definition) is 4. The SMILES string of the molecule is COc1ccc(/C=C2/C(=O)NC(=O)N(c3ccc(Cl)cc3)C2=O)cc1C. The molecule has 0 aliphatic carbocycles. The summed E-state index contributed by atoms with van der Waals surface area (Å²) in [6.45, 7) is 1.85. The number of ether oxygens (including phenoxy) is 1. The molecule has 1 heterocycles. The van der Waals surface area contributed by atoms with Gasteiger partial charge in [-0.15, -0.1) is 0 Å². The summed E-state index contributed by atoms with van der Waals surface area (Å²) in [5.41, 5.74) is 1.69. The normalized spacial score (nSPS) is 16.0. The maximum Gasteiger partial charge on any atom is 0.335 e. The maximum absolute atomic E-state index is 12.8. The number of aryl methyl sites for hydroxylation is 1. The van der Waals surface area contributed by atoms with Crippen molar-refractivity contribution in [2.75, 3.05) is 12.0 Å². The van der Waals surface area contributed by atoms with Crippen molar-refractivity contribution in [1.29, 1.82) is 0 Å². The second kappa shape index (κ2) is 7.01. The summed E-state index contributed by atoms with van der Waals surface area (Å²) >= 11 is 5.84. The van der Waals surface area contributed by atoms with Crippen LogP contribution in [0.1, 0.15) is 11.1 Å².